The quantitative estimate of drug-likeness (QED) is 0.655. The van der Waals surface area contributed by atoms with Crippen molar-refractivity contribution in [3.63, 3.8) is 0 Å². The number of piperazine rings is 1. The fourth-order valence-electron chi connectivity index (χ4n) is 3.46. The second-order valence-corrected chi connectivity index (χ2v) is 8.34. The lowest BCUT2D eigenvalue weighted by Crippen LogP contribution is -2.47. The van der Waals surface area contributed by atoms with Gasteiger partial charge < -0.3 is 20.3 Å². The molecule has 2 amide bonds. The van der Waals surface area contributed by atoms with Crippen molar-refractivity contribution in [3.05, 3.63) is 64.4 Å². The van der Waals surface area contributed by atoms with Crippen molar-refractivity contribution >= 4 is 34.5 Å². The Kier molecular flexibility index (Phi) is 5.72. The Morgan fingerprint density at radius 3 is 2.53 bits per heavy atom. The van der Waals surface area contributed by atoms with E-state index in [0.717, 1.165) is 39.7 Å². The Balaban J connectivity index is 1.45. The van der Waals surface area contributed by atoms with Gasteiger partial charge in [0.1, 0.15) is 5.75 Å². The molecule has 0 spiro atoms. The normalized spacial score (nSPS) is 13.7. The fraction of sp³-hybridized carbons (Fsp3) is 0.217. The third kappa shape index (κ3) is 4.31. The molecule has 0 saturated carbocycles. The van der Waals surface area contributed by atoms with Crippen LogP contribution in [0.25, 0.3) is 11.1 Å². The number of carbonyl (C=O) groups is 2. The third-order valence-corrected chi connectivity index (χ3v) is 6.12. The number of rotatable bonds is 5. The molecule has 6 nitrogen and oxygen atoms in total. The maximum atomic E-state index is 12.8. The molecule has 0 bridgehead atoms. The number of methoxy groups -OCH3 is 1. The second kappa shape index (κ2) is 8.59. The summed E-state index contributed by atoms with van der Waals surface area (Å²) in [5.41, 5.74) is 3.80. The van der Waals surface area contributed by atoms with E-state index in [2.05, 4.69) is 10.6 Å². The van der Waals surface area contributed by atoms with Crippen molar-refractivity contribution < 1.29 is 14.3 Å². The molecule has 0 aliphatic carbocycles. The maximum Gasteiger partial charge on any atom is 0.265 e. The topological polar surface area (TPSA) is 70.7 Å². The Hall–Kier alpha value is -3.32. The number of ether oxygens (including phenoxy) is 1. The van der Waals surface area contributed by atoms with E-state index in [1.54, 1.807) is 7.11 Å². The molecule has 4 rings (SSSR count). The molecule has 30 heavy (non-hydrogen) atoms. The van der Waals surface area contributed by atoms with Gasteiger partial charge >= 0.3 is 0 Å². The molecule has 0 atom stereocenters. The van der Waals surface area contributed by atoms with Crippen LogP contribution in [0.4, 0.5) is 11.4 Å². The van der Waals surface area contributed by atoms with Gasteiger partial charge in [0, 0.05) is 29.3 Å². The molecule has 1 saturated heterocycles. The molecule has 2 aromatic carbocycles. The number of nitrogens with zero attached hydrogens (tertiary/aromatic N) is 1. The summed E-state index contributed by atoms with van der Waals surface area (Å²) >= 11 is 1.48. The first kappa shape index (κ1) is 20.0. The van der Waals surface area contributed by atoms with Crippen LogP contribution in [0.3, 0.4) is 0 Å². The average Bonchev–Trinajstić information content (AvgIpc) is 3.16. The molecule has 154 valence electrons. The largest absolute Gasteiger partial charge is 0.497 e. The second-order valence-electron chi connectivity index (χ2n) is 7.08. The van der Waals surface area contributed by atoms with Crippen molar-refractivity contribution in [1.29, 1.82) is 0 Å². The summed E-state index contributed by atoms with van der Waals surface area (Å²) < 4.78 is 5.21. The summed E-state index contributed by atoms with van der Waals surface area (Å²) in [6.45, 7) is 3.80. The Labute approximate surface area is 179 Å². The van der Waals surface area contributed by atoms with E-state index in [1.807, 2.05) is 66.4 Å². The first-order valence-electron chi connectivity index (χ1n) is 9.71. The van der Waals surface area contributed by atoms with E-state index in [1.165, 1.54) is 11.3 Å². The summed E-state index contributed by atoms with van der Waals surface area (Å²) in [5.74, 6) is 0.700. The molecular weight excluding hydrogens is 398 g/mol. The summed E-state index contributed by atoms with van der Waals surface area (Å²) in [6.07, 6.45) is 0. The molecule has 1 aromatic heterocycles. The summed E-state index contributed by atoms with van der Waals surface area (Å²) in [6, 6.07) is 17.3. The first-order chi connectivity index (χ1) is 14.5. The van der Waals surface area contributed by atoms with Crippen LogP contribution in [-0.2, 0) is 4.79 Å². The molecule has 2 N–H and O–H groups in total. The van der Waals surface area contributed by atoms with Gasteiger partial charge in [-0.25, -0.2) is 0 Å². The van der Waals surface area contributed by atoms with Crippen LogP contribution in [0.1, 0.15) is 14.5 Å². The first-order valence-corrected chi connectivity index (χ1v) is 10.5. The minimum Gasteiger partial charge on any atom is -0.497 e. The number of aryl methyl sites for hydroxylation is 1. The number of thiophene rings is 1. The molecule has 0 radical (unpaired) electrons. The highest BCUT2D eigenvalue weighted by molar-refractivity contribution is 7.14. The van der Waals surface area contributed by atoms with E-state index >= 15 is 0 Å². The molecule has 7 heteroatoms. The molecule has 1 fully saturated rings. The number of amides is 2. The highest BCUT2D eigenvalue weighted by Gasteiger charge is 2.17. The van der Waals surface area contributed by atoms with Gasteiger partial charge in [-0.05, 0) is 60.5 Å². The zero-order valence-corrected chi connectivity index (χ0v) is 17.7. The summed E-state index contributed by atoms with van der Waals surface area (Å²) in [5, 5.41) is 5.78. The predicted molar refractivity (Wildman–Crippen MR) is 121 cm³/mol. The van der Waals surface area contributed by atoms with Crippen molar-refractivity contribution in [3.8, 4) is 16.9 Å². The zero-order valence-electron chi connectivity index (χ0n) is 16.9. The summed E-state index contributed by atoms with van der Waals surface area (Å²) in [7, 11) is 1.64. The standard InChI is InChI=1S/C23H23N3O3S/c1-15-20(16-3-9-19(29-2)10-4-16)13-21(30-15)23(28)25-17-5-7-18(8-6-17)26-12-11-24-22(27)14-26/h3-10,13H,11-12,14H2,1-2H3,(H,24,27)(H,25,28). The Morgan fingerprint density at radius 1 is 1.13 bits per heavy atom. The molecule has 1 aliphatic rings. The van der Waals surface area contributed by atoms with Crippen molar-refractivity contribution in [1.82, 2.24) is 5.32 Å². The smallest absolute Gasteiger partial charge is 0.265 e. The van der Waals surface area contributed by atoms with Crippen LogP contribution in [0.2, 0.25) is 0 Å². The lowest BCUT2D eigenvalue weighted by Gasteiger charge is -2.28. The number of carbonyl (C=O) groups excluding carboxylic acids is 2. The Morgan fingerprint density at radius 2 is 1.87 bits per heavy atom. The molecular formula is C23H23N3O3S. The highest BCUT2D eigenvalue weighted by atomic mass is 32.1. The number of hydrogen-bond acceptors (Lipinski definition) is 5. The third-order valence-electron chi connectivity index (χ3n) is 5.07. The number of nitrogens with one attached hydrogen (secondary N) is 2. The SMILES string of the molecule is COc1ccc(-c2cc(C(=O)Nc3ccc(N4CCNC(=O)C4)cc3)sc2C)cc1. The van der Waals surface area contributed by atoms with Crippen molar-refractivity contribution in [2.24, 2.45) is 0 Å². The Bertz CT molecular complexity index is 1060. The van der Waals surface area contributed by atoms with Gasteiger partial charge in [-0.1, -0.05) is 12.1 Å². The highest BCUT2D eigenvalue weighted by Crippen LogP contribution is 2.32. The minimum absolute atomic E-state index is 0.0272. The molecule has 0 unspecified atom stereocenters. The van der Waals surface area contributed by atoms with E-state index in [4.69, 9.17) is 4.74 Å². The number of hydrogen-bond donors (Lipinski definition) is 2. The van der Waals surface area contributed by atoms with Gasteiger partial charge in [-0.2, -0.15) is 0 Å². The van der Waals surface area contributed by atoms with Crippen LogP contribution in [0.5, 0.6) is 5.75 Å². The molecule has 1 aliphatic heterocycles. The average molecular weight is 422 g/mol. The van der Waals surface area contributed by atoms with Gasteiger partial charge in [0.2, 0.25) is 5.91 Å². The number of anilines is 2. The van der Waals surface area contributed by atoms with Gasteiger partial charge in [0.15, 0.2) is 0 Å². The van der Waals surface area contributed by atoms with Gasteiger partial charge in [-0.15, -0.1) is 11.3 Å². The lowest BCUT2D eigenvalue weighted by molar-refractivity contribution is -0.120. The van der Waals surface area contributed by atoms with E-state index in [-0.39, 0.29) is 11.8 Å². The van der Waals surface area contributed by atoms with Crippen LogP contribution in [-0.4, -0.2) is 38.6 Å². The number of benzene rings is 2. The van der Waals surface area contributed by atoms with Crippen LogP contribution in [0, 0.1) is 6.92 Å². The van der Waals surface area contributed by atoms with E-state index in [9.17, 15) is 9.59 Å². The van der Waals surface area contributed by atoms with E-state index in [0.29, 0.717) is 18.0 Å². The maximum absolute atomic E-state index is 12.8. The van der Waals surface area contributed by atoms with Gasteiger partial charge in [0.25, 0.3) is 5.91 Å². The van der Waals surface area contributed by atoms with Crippen molar-refractivity contribution in [2.75, 3.05) is 37.0 Å². The van der Waals surface area contributed by atoms with Crippen LogP contribution < -0.4 is 20.3 Å². The van der Waals surface area contributed by atoms with Gasteiger partial charge in [0.05, 0.1) is 18.5 Å². The predicted octanol–water partition coefficient (Wildman–Crippen LogP) is 3.92. The van der Waals surface area contributed by atoms with Crippen LogP contribution in [0.15, 0.2) is 54.6 Å². The lowest BCUT2D eigenvalue weighted by atomic mass is 10.1. The van der Waals surface area contributed by atoms with Crippen molar-refractivity contribution in [2.45, 2.75) is 6.92 Å². The minimum atomic E-state index is -0.132. The molecule has 3 aromatic rings. The monoisotopic (exact) mass is 421 g/mol. The molecule has 2 heterocycles. The zero-order chi connectivity index (χ0) is 21.1. The van der Waals surface area contributed by atoms with Gasteiger partial charge in [-0.3, -0.25) is 9.59 Å². The summed E-state index contributed by atoms with van der Waals surface area (Å²) in [4.78, 5) is 28.1. The van der Waals surface area contributed by atoms with Crippen LogP contribution >= 0.6 is 11.3 Å². The van der Waals surface area contributed by atoms with E-state index < -0.39 is 0 Å². The fourth-order valence-corrected chi connectivity index (χ4v) is 4.40.